The number of H-pyrrole nitrogens is 1. The molecule has 2 heterocycles. The molecular weight excluding hydrogens is 386 g/mol. The third kappa shape index (κ3) is 3.32. The Morgan fingerprint density at radius 2 is 1.94 bits per heavy atom. The lowest BCUT2D eigenvalue weighted by atomic mass is 9.90. The summed E-state index contributed by atoms with van der Waals surface area (Å²) in [5, 5.41) is 7.86. The fourth-order valence-corrected chi connectivity index (χ4v) is 5.20. The van der Waals surface area contributed by atoms with E-state index in [1.807, 2.05) is 23.1 Å². The molecule has 5 heteroatoms. The van der Waals surface area contributed by atoms with Crippen LogP contribution in [0.3, 0.4) is 0 Å². The SMILES string of the molecule is CCC(c1ccc(OC)cc1)N1Cc2cc(-c3n[nH]c4c3CC(C)(C)C4)ccc2C1=O. The van der Waals surface area contributed by atoms with Crippen LogP contribution in [0.4, 0.5) is 0 Å². The van der Waals surface area contributed by atoms with E-state index in [1.165, 1.54) is 11.3 Å². The average Bonchev–Trinajstić information content (AvgIpc) is 3.38. The number of methoxy groups -OCH3 is 1. The molecular formula is C26H29N3O2. The van der Waals surface area contributed by atoms with Gasteiger partial charge in [-0.05, 0) is 60.1 Å². The molecule has 1 N–H and O–H groups in total. The van der Waals surface area contributed by atoms with Crippen LogP contribution < -0.4 is 4.74 Å². The Kier molecular flexibility index (Phi) is 4.65. The maximum absolute atomic E-state index is 13.2. The van der Waals surface area contributed by atoms with Crippen molar-refractivity contribution in [1.29, 1.82) is 0 Å². The van der Waals surface area contributed by atoms with Crippen molar-refractivity contribution in [2.45, 2.75) is 52.6 Å². The molecule has 0 radical (unpaired) electrons. The third-order valence-corrected chi connectivity index (χ3v) is 6.74. The van der Waals surface area contributed by atoms with E-state index >= 15 is 0 Å². The molecule has 1 unspecified atom stereocenters. The van der Waals surface area contributed by atoms with E-state index in [9.17, 15) is 4.79 Å². The molecule has 5 nitrogen and oxygen atoms in total. The van der Waals surface area contributed by atoms with Crippen molar-refractivity contribution in [1.82, 2.24) is 15.1 Å². The number of rotatable bonds is 5. The molecule has 2 aromatic carbocycles. The predicted molar refractivity (Wildman–Crippen MR) is 121 cm³/mol. The third-order valence-electron chi connectivity index (χ3n) is 6.74. The molecule has 5 rings (SSSR count). The molecule has 0 saturated carbocycles. The van der Waals surface area contributed by atoms with E-state index in [-0.39, 0.29) is 17.4 Å². The van der Waals surface area contributed by atoms with Crippen molar-refractivity contribution in [2.24, 2.45) is 5.41 Å². The molecule has 0 spiro atoms. The zero-order valence-electron chi connectivity index (χ0n) is 18.7. The highest BCUT2D eigenvalue weighted by atomic mass is 16.5. The second-order valence-electron chi connectivity index (χ2n) is 9.55. The zero-order valence-corrected chi connectivity index (χ0v) is 18.7. The van der Waals surface area contributed by atoms with Gasteiger partial charge in [-0.2, -0.15) is 5.10 Å². The highest BCUT2D eigenvalue weighted by Crippen LogP contribution is 2.41. The van der Waals surface area contributed by atoms with Gasteiger partial charge in [0.2, 0.25) is 0 Å². The number of amides is 1. The zero-order chi connectivity index (χ0) is 21.8. The van der Waals surface area contributed by atoms with Gasteiger partial charge in [-0.3, -0.25) is 9.89 Å². The van der Waals surface area contributed by atoms with Crippen LogP contribution in [0.25, 0.3) is 11.3 Å². The minimum atomic E-state index is 0.0460. The Bertz CT molecular complexity index is 1140. The predicted octanol–water partition coefficient (Wildman–Crippen LogP) is 5.32. The number of aromatic amines is 1. The fraction of sp³-hybridized carbons (Fsp3) is 0.385. The van der Waals surface area contributed by atoms with E-state index < -0.39 is 0 Å². The first-order chi connectivity index (χ1) is 14.9. The number of hydrogen-bond donors (Lipinski definition) is 1. The summed E-state index contributed by atoms with van der Waals surface area (Å²) in [6, 6.07) is 14.3. The Morgan fingerprint density at radius 1 is 1.16 bits per heavy atom. The number of ether oxygens (including phenoxy) is 1. The molecule has 1 aliphatic heterocycles. The van der Waals surface area contributed by atoms with Gasteiger partial charge in [-0.15, -0.1) is 0 Å². The van der Waals surface area contributed by atoms with E-state index in [0.717, 1.165) is 53.0 Å². The maximum atomic E-state index is 13.2. The average molecular weight is 416 g/mol. The number of fused-ring (bicyclic) bond motifs is 2. The Morgan fingerprint density at radius 3 is 2.65 bits per heavy atom. The van der Waals surface area contributed by atoms with Crippen molar-refractivity contribution < 1.29 is 9.53 Å². The molecule has 0 saturated heterocycles. The maximum Gasteiger partial charge on any atom is 0.255 e. The van der Waals surface area contributed by atoms with E-state index in [2.05, 4.69) is 55.2 Å². The van der Waals surface area contributed by atoms with E-state index in [0.29, 0.717) is 6.54 Å². The van der Waals surface area contributed by atoms with Crippen LogP contribution in [0.1, 0.15) is 66.0 Å². The number of aromatic nitrogens is 2. The molecule has 160 valence electrons. The fourth-order valence-electron chi connectivity index (χ4n) is 5.20. The summed E-state index contributed by atoms with van der Waals surface area (Å²) >= 11 is 0. The largest absolute Gasteiger partial charge is 0.497 e. The van der Waals surface area contributed by atoms with Crippen molar-refractivity contribution in [3.8, 4) is 17.0 Å². The molecule has 3 aromatic rings. The van der Waals surface area contributed by atoms with Crippen LogP contribution in [0.15, 0.2) is 42.5 Å². The van der Waals surface area contributed by atoms with Gasteiger partial charge in [0.1, 0.15) is 5.75 Å². The van der Waals surface area contributed by atoms with Crippen LogP contribution in [-0.2, 0) is 19.4 Å². The van der Waals surface area contributed by atoms with Crippen molar-refractivity contribution in [3.05, 3.63) is 70.4 Å². The highest BCUT2D eigenvalue weighted by molar-refractivity contribution is 5.99. The Hall–Kier alpha value is -3.08. The monoisotopic (exact) mass is 415 g/mol. The second kappa shape index (κ2) is 7.26. The normalized spacial score (nSPS) is 17.5. The molecule has 0 fully saturated rings. The van der Waals surface area contributed by atoms with E-state index in [1.54, 1.807) is 7.11 Å². The van der Waals surface area contributed by atoms with Gasteiger partial charge < -0.3 is 9.64 Å². The van der Waals surface area contributed by atoms with Crippen LogP contribution >= 0.6 is 0 Å². The van der Waals surface area contributed by atoms with Crippen molar-refractivity contribution in [2.75, 3.05) is 7.11 Å². The smallest absolute Gasteiger partial charge is 0.255 e. The van der Waals surface area contributed by atoms with Gasteiger partial charge in [-0.25, -0.2) is 0 Å². The minimum absolute atomic E-state index is 0.0460. The topological polar surface area (TPSA) is 58.2 Å². The number of nitrogens with one attached hydrogen (secondary N) is 1. The van der Waals surface area contributed by atoms with Gasteiger partial charge in [0.05, 0.1) is 18.8 Å². The first-order valence-electron chi connectivity index (χ1n) is 11.0. The first kappa shape index (κ1) is 19.9. The quantitative estimate of drug-likeness (QED) is 0.614. The molecule has 1 aromatic heterocycles. The standard InChI is InChI=1S/C26H29N3O2/c1-5-23(16-6-9-19(31-4)10-7-16)29-15-18-12-17(8-11-20(18)25(29)30)24-21-13-26(2,3)14-22(21)27-28-24/h6-12,23H,5,13-15H2,1-4H3,(H,27,28). The molecule has 1 amide bonds. The summed E-state index contributed by atoms with van der Waals surface area (Å²) < 4.78 is 5.28. The lowest BCUT2D eigenvalue weighted by molar-refractivity contribution is 0.0696. The minimum Gasteiger partial charge on any atom is -0.497 e. The van der Waals surface area contributed by atoms with Gasteiger partial charge >= 0.3 is 0 Å². The Labute approximate surface area is 183 Å². The number of carbonyl (C=O) groups excluding carboxylic acids is 1. The highest BCUT2D eigenvalue weighted by Gasteiger charge is 2.35. The molecule has 31 heavy (non-hydrogen) atoms. The first-order valence-corrected chi connectivity index (χ1v) is 11.0. The second-order valence-corrected chi connectivity index (χ2v) is 9.55. The van der Waals surface area contributed by atoms with Gasteiger partial charge in [0.25, 0.3) is 5.91 Å². The van der Waals surface area contributed by atoms with Crippen molar-refractivity contribution >= 4 is 5.91 Å². The molecule has 0 bridgehead atoms. The molecule has 1 atom stereocenters. The summed E-state index contributed by atoms with van der Waals surface area (Å²) in [4.78, 5) is 15.2. The van der Waals surface area contributed by atoms with Gasteiger partial charge in [-0.1, -0.05) is 39.0 Å². The Balaban J connectivity index is 1.44. The number of benzene rings is 2. The van der Waals surface area contributed by atoms with Crippen LogP contribution in [0.5, 0.6) is 5.75 Å². The summed E-state index contributed by atoms with van der Waals surface area (Å²) in [5.74, 6) is 0.937. The lowest BCUT2D eigenvalue weighted by Gasteiger charge is -2.27. The van der Waals surface area contributed by atoms with Gasteiger partial charge in [0, 0.05) is 28.9 Å². The van der Waals surface area contributed by atoms with Gasteiger partial charge in [0.15, 0.2) is 0 Å². The van der Waals surface area contributed by atoms with E-state index in [4.69, 9.17) is 4.74 Å². The summed E-state index contributed by atoms with van der Waals surface area (Å²) in [5.41, 5.74) is 8.02. The van der Waals surface area contributed by atoms with Crippen LogP contribution in [0.2, 0.25) is 0 Å². The summed E-state index contributed by atoms with van der Waals surface area (Å²) in [6.45, 7) is 7.36. The summed E-state index contributed by atoms with van der Waals surface area (Å²) in [7, 11) is 1.67. The van der Waals surface area contributed by atoms with Crippen molar-refractivity contribution in [3.63, 3.8) is 0 Å². The van der Waals surface area contributed by atoms with Crippen LogP contribution in [0, 0.1) is 5.41 Å². The molecule has 2 aliphatic rings. The number of nitrogens with zero attached hydrogens (tertiary/aromatic N) is 2. The lowest BCUT2D eigenvalue weighted by Crippen LogP contribution is -2.28. The molecule has 1 aliphatic carbocycles. The number of carbonyl (C=O) groups is 1. The van der Waals surface area contributed by atoms with Crippen LogP contribution in [-0.4, -0.2) is 28.1 Å². The summed E-state index contributed by atoms with van der Waals surface area (Å²) in [6.07, 6.45) is 2.93. The number of hydrogen-bond acceptors (Lipinski definition) is 3.